The van der Waals surface area contributed by atoms with Crippen molar-refractivity contribution in [3.8, 4) is 0 Å². The maximum absolute atomic E-state index is 11.5. The van der Waals surface area contributed by atoms with E-state index in [4.69, 9.17) is 23.2 Å². The summed E-state index contributed by atoms with van der Waals surface area (Å²) in [7, 11) is -0.890. The SMILES string of the molecule is CC(Cn1c(CCCl)nc2cc(Cl)cnc21)S(C)=O. The zero-order valence-electron chi connectivity index (χ0n) is 10.8. The number of rotatable bonds is 5. The van der Waals surface area contributed by atoms with Gasteiger partial charge in [0.15, 0.2) is 5.65 Å². The standard InChI is InChI=1S/C12H15Cl2N3OS/c1-8(19(2)18)7-17-11(3-4-13)16-10-5-9(14)6-15-12(10)17/h5-6,8H,3-4,7H2,1-2H3. The van der Waals surface area contributed by atoms with E-state index >= 15 is 0 Å². The number of aromatic nitrogens is 3. The molecule has 0 aliphatic rings. The van der Waals surface area contributed by atoms with Crippen molar-refractivity contribution in [3.63, 3.8) is 0 Å². The van der Waals surface area contributed by atoms with Crippen LogP contribution in [0, 0.1) is 0 Å². The first-order chi connectivity index (χ1) is 9.02. The highest BCUT2D eigenvalue weighted by Crippen LogP contribution is 2.19. The molecule has 2 rings (SSSR count). The van der Waals surface area contributed by atoms with Gasteiger partial charge in [-0.1, -0.05) is 11.6 Å². The number of hydrogen-bond donors (Lipinski definition) is 0. The van der Waals surface area contributed by atoms with Gasteiger partial charge in [-0.05, 0) is 13.0 Å². The smallest absolute Gasteiger partial charge is 0.160 e. The Hall–Kier alpha value is -0.650. The van der Waals surface area contributed by atoms with Gasteiger partial charge >= 0.3 is 0 Å². The largest absolute Gasteiger partial charge is 0.311 e. The van der Waals surface area contributed by atoms with Crippen LogP contribution >= 0.6 is 23.2 Å². The second-order valence-corrected chi connectivity index (χ2v) is 7.00. The fourth-order valence-corrected chi connectivity index (χ4v) is 2.54. The lowest BCUT2D eigenvalue weighted by molar-refractivity contribution is 0.633. The number of hydrogen-bond acceptors (Lipinski definition) is 3. The van der Waals surface area contributed by atoms with Crippen LogP contribution in [0.3, 0.4) is 0 Å². The van der Waals surface area contributed by atoms with E-state index in [2.05, 4.69) is 9.97 Å². The number of alkyl halides is 1. The van der Waals surface area contributed by atoms with E-state index < -0.39 is 10.8 Å². The van der Waals surface area contributed by atoms with Crippen LogP contribution < -0.4 is 0 Å². The molecule has 2 heterocycles. The Bertz CT molecular complexity index is 614. The van der Waals surface area contributed by atoms with Gasteiger partial charge in [-0.2, -0.15) is 0 Å². The van der Waals surface area contributed by atoms with Gasteiger partial charge in [0.25, 0.3) is 0 Å². The maximum atomic E-state index is 11.5. The summed E-state index contributed by atoms with van der Waals surface area (Å²) in [5, 5.41) is 0.589. The van der Waals surface area contributed by atoms with Crippen LogP contribution in [-0.2, 0) is 23.8 Å². The quantitative estimate of drug-likeness (QED) is 0.796. The molecule has 2 unspecified atom stereocenters. The number of pyridine rings is 1. The normalized spacial score (nSPS) is 14.7. The summed E-state index contributed by atoms with van der Waals surface area (Å²) in [5.74, 6) is 1.35. The molecular weight excluding hydrogens is 305 g/mol. The molecule has 0 radical (unpaired) electrons. The van der Waals surface area contributed by atoms with Crippen LogP contribution in [0.4, 0.5) is 0 Å². The summed E-state index contributed by atoms with van der Waals surface area (Å²) in [4.78, 5) is 8.83. The molecule has 0 aliphatic heterocycles. The number of imidazole rings is 1. The molecule has 0 aromatic carbocycles. The van der Waals surface area contributed by atoms with E-state index in [0.717, 1.165) is 17.0 Å². The molecule has 0 saturated carbocycles. The van der Waals surface area contributed by atoms with Gasteiger partial charge in [0.05, 0.1) is 5.02 Å². The molecule has 0 saturated heterocycles. The average Bonchev–Trinajstić information content (AvgIpc) is 2.67. The highest BCUT2D eigenvalue weighted by atomic mass is 35.5. The summed E-state index contributed by atoms with van der Waals surface area (Å²) < 4.78 is 13.5. The van der Waals surface area contributed by atoms with Crippen molar-refractivity contribution >= 4 is 45.2 Å². The van der Waals surface area contributed by atoms with Gasteiger partial charge < -0.3 is 4.57 Å². The van der Waals surface area contributed by atoms with E-state index in [9.17, 15) is 4.21 Å². The number of nitrogens with zero attached hydrogens (tertiary/aromatic N) is 3. The van der Waals surface area contributed by atoms with E-state index in [0.29, 0.717) is 23.9 Å². The first-order valence-corrected chi connectivity index (χ1v) is 8.45. The fourth-order valence-electron chi connectivity index (χ4n) is 1.86. The molecule has 104 valence electrons. The highest BCUT2D eigenvalue weighted by Gasteiger charge is 2.16. The Morgan fingerprint density at radius 3 is 2.89 bits per heavy atom. The third-order valence-electron chi connectivity index (χ3n) is 2.96. The summed E-state index contributed by atoms with van der Waals surface area (Å²) in [6, 6.07) is 1.78. The third kappa shape index (κ3) is 3.27. The van der Waals surface area contributed by atoms with Crippen molar-refractivity contribution in [2.75, 3.05) is 12.1 Å². The van der Waals surface area contributed by atoms with Gasteiger partial charge in [0, 0.05) is 47.3 Å². The Morgan fingerprint density at radius 2 is 2.26 bits per heavy atom. The highest BCUT2D eigenvalue weighted by molar-refractivity contribution is 7.84. The zero-order chi connectivity index (χ0) is 14.0. The first kappa shape index (κ1) is 14.8. The fraction of sp³-hybridized carbons (Fsp3) is 0.500. The third-order valence-corrected chi connectivity index (χ3v) is 4.63. The van der Waals surface area contributed by atoms with Gasteiger partial charge in [-0.3, -0.25) is 4.21 Å². The topological polar surface area (TPSA) is 47.8 Å². The molecule has 2 aromatic rings. The Labute approximate surface area is 124 Å². The Balaban J connectivity index is 2.48. The molecule has 19 heavy (non-hydrogen) atoms. The lowest BCUT2D eigenvalue weighted by Crippen LogP contribution is -2.19. The number of fused-ring (bicyclic) bond motifs is 1. The van der Waals surface area contributed by atoms with Crippen molar-refractivity contribution in [2.45, 2.75) is 25.1 Å². The van der Waals surface area contributed by atoms with Gasteiger partial charge in [-0.15, -0.1) is 11.6 Å². The molecule has 2 aromatic heterocycles. The van der Waals surface area contributed by atoms with Crippen molar-refractivity contribution in [1.82, 2.24) is 14.5 Å². The average molecular weight is 320 g/mol. The number of aryl methyl sites for hydroxylation is 1. The molecule has 0 aliphatic carbocycles. The van der Waals surface area contributed by atoms with Crippen LogP contribution in [0.1, 0.15) is 12.7 Å². The lowest BCUT2D eigenvalue weighted by atomic mass is 10.4. The lowest BCUT2D eigenvalue weighted by Gasteiger charge is -2.12. The van der Waals surface area contributed by atoms with Crippen LogP contribution in [-0.4, -0.2) is 36.1 Å². The molecule has 0 spiro atoms. The second kappa shape index (κ2) is 6.20. The first-order valence-electron chi connectivity index (χ1n) is 5.91. The van der Waals surface area contributed by atoms with Crippen LogP contribution in [0.25, 0.3) is 11.2 Å². The van der Waals surface area contributed by atoms with Gasteiger partial charge in [-0.25, -0.2) is 9.97 Å². The monoisotopic (exact) mass is 319 g/mol. The Morgan fingerprint density at radius 1 is 1.53 bits per heavy atom. The van der Waals surface area contributed by atoms with E-state index in [1.165, 1.54) is 0 Å². The zero-order valence-corrected chi connectivity index (χ0v) is 13.1. The molecule has 0 N–H and O–H groups in total. The van der Waals surface area contributed by atoms with Gasteiger partial charge in [0.2, 0.25) is 0 Å². The minimum atomic E-state index is -0.890. The molecular formula is C12H15Cl2N3OS. The molecule has 4 nitrogen and oxygen atoms in total. The summed E-state index contributed by atoms with van der Waals surface area (Å²) in [6.45, 7) is 2.56. The van der Waals surface area contributed by atoms with Crippen molar-refractivity contribution < 1.29 is 4.21 Å². The van der Waals surface area contributed by atoms with Crippen molar-refractivity contribution in [1.29, 1.82) is 0 Å². The molecule has 2 atom stereocenters. The Kier molecular flexibility index (Phi) is 4.81. The minimum absolute atomic E-state index is 0.0314. The summed E-state index contributed by atoms with van der Waals surface area (Å²) in [5.41, 5.74) is 1.52. The predicted molar refractivity (Wildman–Crippen MR) is 80.5 cm³/mol. The second-order valence-electron chi connectivity index (χ2n) is 4.38. The van der Waals surface area contributed by atoms with Crippen LogP contribution in [0.5, 0.6) is 0 Å². The summed E-state index contributed by atoms with van der Waals surface area (Å²) in [6.07, 6.45) is 3.95. The van der Waals surface area contributed by atoms with E-state index in [1.54, 1.807) is 18.5 Å². The maximum Gasteiger partial charge on any atom is 0.160 e. The van der Waals surface area contributed by atoms with E-state index in [1.807, 2.05) is 11.5 Å². The molecule has 0 fully saturated rings. The molecule has 0 bridgehead atoms. The summed E-state index contributed by atoms with van der Waals surface area (Å²) >= 11 is 11.7. The number of halogens is 2. The predicted octanol–water partition coefficient (Wildman–Crippen LogP) is 2.63. The van der Waals surface area contributed by atoms with Crippen molar-refractivity contribution in [2.24, 2.45) is 0 Å². The van der Waals surface area contributed by atoms with Crippen LogP contribution in [0.2, 0.25) is 5.02 Å². The minimum Gasteiger partial charge on any atom is -0.311 e. The molecule has 0 amide bonds. The van der Waals surface area contributed by atoms with Crippen LogP contribution in [0.15, 0.2) is 12.3 Å². The van der Waals surface area contributed by atoms with Crippen molar-refractivity contribution in [3.05, 3.63) is 23.1 Å². The molecule has 7 heteroatoms. The van der Waals surface area contributed by atoms with Gasteiger partial charge in [0.1, 0.15) is 11.3 Å². The van der Waals surface area contributed by atoms with E-state index in [-0.39, 0.29) is 5.25 Å².